The van der Waals surface area contributed by atoms with E-state index in [1.165, 1.54) is 19.2 Å². The molecule has 6 heteroatoms. The van der Waals surface area contributed by atoms with Crippen LogP contribution in [0, 0.1) is 5.82 Å². The molecular weight excluding hydrogens is 327 g/mol. The second-order valence-corrected chi connectivity index (χ2v) is 4.87. The highest BCUT2D eigenvalue weighted by Gasteiger charge is 2.12. The Bertz CT molecular complexity index is 641. The normalized spacial score (nSPS) is 10.2. The summed E-state index contributed by atoms with van der Waals surface area (Å²) in [6.07, 6.45) is 0. The van der Waals surface area contributed by atoms with Crippen molar-refractivity contribution in [3.8, 4) is 0 Å². The lowest BCUT2D eigenvalue weighted by Crippen LogP contribution is -2.06. The molecule has 0 aliphatic carbocycles. The van der Waals surface area contributed by atoms with Gasteiger partial charge >= 0.3 is 5.97 Å². The molecule has 3 N–H and O–H groups in total. The summed E-state index contributed by atoms with van der Waals surface area (Å²) in [4.78, 5) is 11.6. The minimum Gasteiger partial charge on any atom is -0.465 e. The molecule has 0 spiro atoms. The van der Waals surface area contributed by atoms with Crippen molar-refractivity contribution in [1.82, 2.24) is 0 Å². The van der Waals surface area contributed by atoms with Gasteiger partial charge in [0.15, 0.2) is 0 Å². The molecule has 0 amide bonds. The van der Waals surface area contributed by atoms with Crippen molar-refractivity contribution >= 4 is 39.0 Å². The number of methoxy groups -OCH3 is 1. The van der Waals surface area contributed by atoms with Gasteiger partial charge in [-0.2, -0.15) is 0 Å². The fourth-order valence-electron chi connectivity index (χ4n) is 1.68. The summed E-state index contributed by atoms with van der Waals surface area (Å²) >= 11 is 3.26. The summed E-state index contributed by atoms with van der Waals surface area (Å²) in [6.45, 7) is 0. The summed E-state index contributed by atoms with van der Waals surface area (Å²) in [7, 11) is 1.27. The van der Waals surface area contributed by atoms with Crippen LogP contribution in [0.4, 0.5) is 21.5 Å². The Kier molecular flexibility index (Phi) is 4.24. The van der Waals surface area contributed by atoms with Gasteiger partial charge in [-0.1, -0.05) is 6.07 Å². The largest absolute Gasteiger partial charge is 0.465 e. The molecular formula is C14H12BrFN2O2. The fraction of sp³-hybridized carbons (Fsp3) is 0.0714. The molecule has 2 aromatic carbocycles. The molecule has 4 nitrogen and oxygen atoms in total. The maximum Gasteiger partial charge on any atom is 0.340 e. The van der Waals surface area contributed by atoms with Crippen LogP contribution >= 0.6 is 15.9 Å². The van der Waals surface area contributed by atoms with Crippen molar-refractivity contribution < 1.29 is 13.9 Å². The quantitative estimate of drug-likeness (QED) is 0.661. The van der Waals surface area contributed by atoms with Crippen molar-refractivity contribution in [3.63, 3.8) is 0 Å². The van der Waals surface area contributed by atoms with Crippen molar-refractivity contribution in [2.45, 2.75) is 0 Å². The number of esters is 1. The topological polar surface area (TPSA) is 64.3 Å². The van der Waals surface area contributed by atoms with Crippen LogP contribution in [0.5, 0.6) is 0 Å². The lowest BCUT2D eigenvalue weighted by atomic mass is 10.1. The van der Waals surface area contributed by atoms with Crippen molar-refractivity contribution in [1.29, 1.82) is 0 Å². The van der Waals surface area contributed by atoms with Gasteiger partial charge < -0.3 is 15.8 Å². The molecule has 104 valence electrons. The smallest absolute Gasteiger partial charge is 0.340 e. The van der Waals surface area contributed by atoms with E-state index >= 15 is 0 Å². The second-order valence-electron chi connectivity index (χ2n) is 4.02. The summed E-state index contributed by atoms with van der Waals surface area (Å²) in [5.74, 6) is -0.949. The first-order valence-electron chi connectivity index (χ1n) is 5.72. The van der Waals surface area contributed by atoms with Crippen LogP contribution in [0.3, 0.4) is 0 Å². The third-order valence-corrected chi connectivity index (χ3v) is 3.35. The third-order valence-electron chi connectivity index (χ3n) is 2.69. The van der Waals surface area contributed by atoms with E-state index < -0.39 is 11.8 Å². The molecule has 0 aliphatic heterocycles. The van der Waals surface area contributed by atoms with E-state index in [1.807, 2.05) is 0 Å². The van der Waals surface area contributed by atoms with Crippen LogP contribution in [0.15, 0.2) is 40.9 Å². The van der Waals surface area contributed by atoms with Gasteiger partial charge in [0, 0.05) is 15.8 Å². The predicted octanol–water partition coefficient (Wildman–Crippen LogP) is 3.70. The number of hydrogen-bond acceptors (Lipinski definition) is 4. The number of ether oxygens (including phenoxy) is 1. The van der Waals surface area contributed by atoms with Crippen LogP contribution in [-0.2, 0) is 4.74 Å². The molecule has 0 heterocycles. The number of nitrogens with two attached hydrogens (primary N) is 1. The Hall–Kier alpha value is -2.08. The number of rotatable bonds is 3. The Morgan fingerprint density at radius 3 is 2.75 bits per heavy atom. The molecule has 0 saturated heterocycles. The summed E-state index contributed by atoms with van der Waals surface area (Å²) in [6, 6.07) is 9.37. The van der Waals surface area contributed by atoms with Crippen LogP contribution in [0.25, 0.3) is 0 Å². The molecule has 0 unspecified atom stereocenters. The molecule has 0 aromatic heterocycles. The van der Waals surface area contributed by atoms with Gasteiger partial charge in [-0.25, -0.2) is 9.18 Å². The predicted molar refractivity (Wildman–Crippen MR) is 79.6 cm³/mol. The zero-order chi connectivity index (χ0) is 14.7. The molecule has 0 saturated carbocycles. The lowest BCUT2D eigenvalue weighted by Gasteiger charge is -2.11. The molecule has 0 atom stereocenters. The molecule has 2 aromatic rings. The fourth-order valence-corrected chi connectivity index (χ4v) is 2.12. The van der Waals surface area contributed by atoms with E-state index in [9.17, 15) is 9.18 Å². The third kappa shape index (κ3) is 2.91. The van der Waals surface area contributed by atoms with Gasteiger partial charge in [-0.15, -0.1) is 0 Å². The summed E-state index contributed by atoms with van der Waals surface area (Å²) in [5, 5.41) is 2.90. The van der Waals surface area contributed by atoms with Gasteiger partial charge in [0.2, 0.25) is 0 Å². The highest BCUT2D eigenvalue weighted by atomic mass is 79.9. The SMILES string of the molecule is COC(=O)c1cc(Nc2c(F)cccc2Br)ccc1N. The van der Waals surface area contributed by atoms with Gasteiger partial charge in [-0.05, 0) is 46.3 Å². The number of carbonyl (C=O) groups is 1. The first-order chi connectivity index (χ1) is 9.52. The van der Waals surface area contributed by atoms with Gasteiger partial charge in [0.05, 0.1) is 18.4 Å². The molecule has 0 radical (unpaired) electrons. The molecule has 20 heavy (non-hydrogen) atoms. The summed E-state index contributed by atoms with van der Waals surface area (Å²) in [5.41, 5.74) is 7.05. The average molecular weight is 339 g/mol. The van der Waals surface area contributed by atoms with E-state index in [0.29, 0.717) is 15.8 Å². The highest BCUT2D eigenvalue weighted by Crippen LogP contribution is 2.29. The Morgan fingerprint density at radius 1 is 1.35 bits per heavy atom. The van der Waals surface area contributed by atoms with E-state index in [1.54, 1.807) is 24.3 Å². The van der Waals surface area contributed by atoms with Crippen LogP contribution in [0.2, 0.25) is 0 Å². The maximum absolute atomic E-state index is 13.7. The van der Waals surface area contributed by atoms with Gasteiger partial charge in [-0.3, -0.25) is 0 Å². The van der Waals surface area contributed by atoms with Crippen molar-refractivity contribution in [3.05, 3.63) is 52.3 Å². The number of hydrogen-bond donors (Lipinski definition) is 2. The first kappa shape index (κ1) is 14.3. The first-order valence-corrected chi connectivity index (χ1v) is 6.51. The minimum absolute atomic E-state index is 0.227. The van der Waals surface area contributed by atoms with E-state index in [2.05, 4.69) is 26.0 Å². The number of carbonyl (C=O) groups excluding carboxylic acids is 1. The zero-order valence-corrected chi connectivity index (χ0v) is 12.2. The lowest BCUT2D eigenvalue weighted by molar-refractivity contribution is 0.0602. The zero-order valence-electron chi connectivity index (χ0n) is 10.6. The number of nitrogens with one attached hydrogen (secondary N) is 1. The Labute approximate surface area is 123 Å². The molecule has 0 bridgehead atoms. The number of benzene rings is 2. The summed E-state index contributed by atoms with van der Waals surface area (Å²) < 4.78 is 18.9. The van der Waals surface area contributed by atoms with Gasteiger partial charge in [0.25, 0.3) is 0 Å². The van der Waals surface area contributed by atoms with E-state index in [0.717, 1.165) is 0 Å². The number of anilines is 3. The molecule has 2 rings (SSSR count). The highest BCUT2D eigenvalue weighted by molar-refractivity contribution is 9.10. The van der Waals surface area contributed by atoms with E-state index in [4.69, 9.17) is 5.73 Å². The van der Waals surface area contributed by atoms with Crippen LogP contribution in [0.1, 0.15) is 10.4 Å². The number of halogens is 2. The number of para-hydroxylation sites is 1. The monoisotopic (exact) mass is 338 g/mol. The van der Waals surface area contributed by atoms with Crippen LogP contribution in [-0.4, -0.2) is 13.1 Å². The Morgan fingerprint density at radius 2 is 2.10 bits per heavy atom. The van der Waals surface area contributed by atoms with Gasteiger partial charge in [0.1, 0.15) is 5.82 Å². The second kappa shape index (κ2) is 5.92. The average Bonchev–Trinajstić information content (AvgIpc) is 2.44. The van der Waals surface area contributed by atoms with Crippen molar-refractivity contribution in [2.24, 2.45) is 0 Å². The minimum atomic E-state index is -0.543. The molecule has 0 fully saturated rings. The standard InChI is InChI=1S/C14H12BrFN2O2/c1-20-14(19)9-7-8(5-6-12(9)17)18-13-10(15)3-2-4-11(13)16/h2-7,18H,17H2,1H3. The maximum atomic E-state index is 13.7. The van der Waals surface area contributed by atoms with Crippen LogP contribution < -0.4 is 11.1 Å². The Balaban J connectivity index is 2.37. The van der Waals surface area contributed by atoms with Crippen molar-refractivity contribution in [2.75, 3.05) is 18.2 Å². The van der Waals surface area contributed by atoms with E-state index in [-0.39, 0.29) is 11.3 Å². The number of nitrogen functional groups attached to an aromatic ring is 1. The molecule has 0 aliphatic rings.